The summed E-state index contributed by atoms with van der Waals surface area (Å²) in [5.74, 6) is 1.19. The number of aromatic nitrogens is 1. The Hall–Kier alpha value is -2.12. The molecule has 1 saturated heterocycles. The third-order valence-corrected chi connectivity index (χ3v) is 6.00. The Bertz CT molecular complexity index is 1050. The van der Waals surface area contributed by atoms with Crippen molar-refractivity contribution in [1.29, 1.82) is 0 Å². The maximum atomic E-state index is 12.8. The van der Waals surface area contributed by atoms with Crippen LogP contribution in [0.2, 0.25) is 5.02 Å². The Kier molecular flexibility index (Phi) is 6.29. The zero-order valence-corrected chi connectivity index (χ0v) is 18.1. The zero-order chi connectivity index (χ0) is 19.8. The highest BCUT2D eigenvalue weighted by Gasteiger charge is 2.26. The van der Waals surface area contributed by atoms with E-state index in [1.165, 1.54) is 5.56 Å². The third kappa shape index (κ3) is 4.18. The second-order valence-electron chi connectivity index (χ2n) is 7.65. The highest BCUT2D eigenvalue weighted by Crippen LogP contribution is 2.31. The third-order valence-electron chi connectivity index (χ3n) is 5.77. The normalized spacial score (nSPS) is 17.1. The zero-order valence-electron chi connectivity index (χ0n) is 16.6. The van der Waals surface area contributed by atoms with Crippen molar-refractivity contribution in [1.82, 2.24) is 15.2 Å². The number of piperazine rings is 1. The number of anilines is 1. The summed E-state index contributed by atoms with van der Waals surface area (Å²) in [6, 6.07) is 9.93. The molecule has 4 heterocycles. The number of halogens is 2. The molecule has 2 aliphatic rings. The number of nitrogens with zero attached hydrogens (tertiary/aromatic N) is 3. The van der Waals surface area contributed by atoms with E-state index in [-0.39, 0.29) is 18.3 Å². The van der Waals surface area contributed by atoms with Crippen LogP contribution in [0.15, 0.2) is 40.9 Å². The molecule has 158 valence electrons. The second kappa shape index (κ2) is 8.94. The summed E-state index contributed by atoms with van der Waals surface area (Å²) in [4.78, 5) is 21.2. The number of benzene rings is 1. The topological polar surface area (TPSA) is 61.6 Å². The van der Waals surface area contributed by atoms with Crippen molar-refractivity contribution in [3.63, 3.8) is 0 Å². The van der Waals surface area contributed by atoms with Crippen molar-refractivity contribution in [3.8, 4) is 0 Å². The molecule has 2 aliphatic heterocycles. The van der Waals surface area contributed by atoms with Gasteiger partial charge in [-0.1, -0.05) is 11.6 Å². The predicted molar refractivity (Wildman–Crippen MR) is 121 cm³/mol. The standard InChI is InChI=1S/C22H23ClN4O2.ClH/c23-15-1-2-16(25-12-15)6-8-26-9-10-27(22(28)14-26)17-3-4-18-19-13-24-7-5-20(19)29-21(18)11-17;/h1-4,11-12,24H,5-10,13-14H2;1H. The highest BCUT2D eigenvalue weighted by molar-refractivity contribution is 6.30. The molecule has 0 aliphatic carbocycles. The molecule has 8 heteroatoms. The lowest BCUT2D eigenvalue weighted by molar-refractivity contribution is -0.121. The van der Waals surface area contributed by atoms with Gasteiger partial charge in [0.15, 0.2) is 0 Å². The summed E-state index contributed by atoms with van der Waals surface area (Å²) in [7, 11) is 0. The molecule has 6 nitrogen and oxygen atoms in total. The van der Waals surface area contributed by atoms with Gasteiger partial charge >= 0.3 is 0 Å². The fraction of sp³-hybridized carbons (Fsp3) is 0.364. The number of hydrogen-bond donors (Lipinski definition) is 1. The van der Waals surface area contributed by atoms with Gasteiger partial charge in [0.1, 0.15) is 11.3 Å². The number of carbonyl (C=O) groups excluding carboxylic acids is 1. The lowest BCUT2D eigenvalue weighted by atomic mass is 10.1. The smallest absolute Gasteiger partial charge is 0.241 e. The van der Waals surface area contributed by atoms with Crippen molar-refractivity contribution in [3.05, 3.63) is 58.6 Å². The van der Waals surface area contributed by atoms with Crippen molar-refractivity contribution in [2.75, 3.05) is 37.6 Å². The summed E-state index contributed by atoms with van der Waals surface area (Å²) in [6.45, 7) is 4.55. The number of furan rings is 1. The quantitative estimate of drug-likeness (QED) is 0.664. The van der Waals surface area contributed by atoms with E-state index in [0.29, 0.717) is 18.1 Å². The van der Waals surface area contributed by atoms with Crippen molar-refractivity contribution in [2.24, 2.45) is 0 Å². The lowest BCUT2D eigenvalue weighted by Gasteiger charge is -2.34. The molecule has 30 heavy (non-hydrogen) atoms. The molecular formula is C22H24Cl2N4O2. The molecule has 2 aromatic heterocycles. The minimum atomic E-state index is 0. The van der Waals surface area contributed by atoms with E-state index in [2.05, 4.69) is 21.3 Å². The van der Waals surface area contributed by atoms with Crippen LogP contribution in [0.3, 0.4) is 0 Å². The van der Waals surface area contributed by atoms with Crippen LogP contribution in [-0.2, 0) is 24.2 Å². The van der Waals surface area contributed by atoms with Crippen LogP contribution in [0.1, 0.15) is 17.0 Å². The molecule has 5 rings (SSSR count). The van der Waals surface area contributed by atoms with Gasteiger partial charge in [-0.05, 0) is 24.3 Å². The Morgan fingerprint density at radius 3 is 2.90 bits per heavy atom. The van der Waals surface area contributed by atoms with Crippen molar-refractivity contribution >= 4 is 46.6 Å². The average Bonchev–Trinajstić information content (AvgIpc) is 3.11. The van der Waals surface area contributed by atoms with Gasteiger partial charge in [-0.25, -0.2) is 0 Å². The van der Waals surface area contributed by atoms with Gasteiger partial charge in [-0.2, -0.15) is 0 Å². The first-order valence-corrected chi connectivity index (χ1v) is 10.4. The number of carbonyl (C=O) groups is 1. The summed E-state index contributed by atoms with van der Waals surface area (Å²) in [5, 5.41) is 5.19. The molecule has 0 radical (unpaired) electrons. The van der Waals surface area contributed by atoms with Gasteiger partial charge in [0.25, 0.3) is 0 Å². The number of amides is 1. The minimum Gasteiger partial charge on any atom is -0.461 e. The summed E-state index contributed by atoms with van der Waals surface area (Å²) in [6.07, 6.45) is 3.39. The Balaban J connectivity index is 0.00000218. The molecular weight excluding hydrogens is 423 g/mol. The molecule has 1 N–H and O–H groups in total. The van der Waals surface area contributed by atoms with Crippen LogP contribution in [0.25, 0.3) is 11.0 Å². The summed E-state index contributed by atoms with van der Waals surface area (Å²) < 4.78 is 6.07. The molecule has 0 unspecified atom stereocenters. The fourth-order valence-electron chi connectivity index (χ4n) is 4.18. The lowest BCUT2D eigenvalue weighted by Crippen LogP contribution is -2.50. The van der Waals surface area contributed by atoms with E-state index in [4.69, 9.17) is 16.0 Å². The van der Waals surface area contributed by atoms with E-state index in [1.54, 1.807) is 6.20 Å². The van der Waals surface area contributed by atoms with Crippen LogP contribution in [0.4, 0.5) is 5.69 Å². The maximum absolute atomic E-state index is 12.8. The first-order valence-electron chi connectivity index (χ1n) is 10.1. The van der Waals surface area contributed by atoms with E-state index in [1.807, 2.05) is 29.2 Å². The summed E-state index contributed by atoms with van der Waals surface area (Å²) >= 11 is 5.89. The number of hydrogen-bond acceptors (Lipinski definition) is 5. The average molecular weight is 447 g/mol. The molecule has 1 aromatic carbocycles. The van der Waals surface area contributed by atoms with Crippen LogP contribution in [0, 0.1) is 0 Å². The summed E-state index contributed by atoms with van der Waals surface area (Å²) in [5.41, 5.74) is 4.04. The second-order valence-corrected chi connectivity index (χ2v) is 8.09. The molecule has 3 aromatic rings. The van der Waals surface area contributed by atoms with E-state index < -0.39 is 0 Å². The molecule has 0 bridgehead atoms. The van der Waals surface area contributed by atoms with Crippen molar-refractivity contribution < 1.29 is 9.21 Å². The maximum Gasteiger partial charge on any atom is 0.241 e. The van der Waals surface area contributed by atoms with E-state index in [0.717, 1.165) is 67.1 Å². The number of pyridine rings is 1. The predicted octanol–water partition coefficient (Wildman–Crippen LogP) is 3.44. The molecule has 0 saturated carbocycles. The van der Waals surface area contributed by atoms with Gasteiger partial charge < -0.3 is 14.6 Å². The Morgan fingerprint density at radius 1 is 1.20 bits per heavy atom. The first-order chi connectivity index (χ1) is 14.2. The number of rotatable bonds is 4. The van der Waals surface area contributed by atoms with Crippen LogP contribution >= 0.6 is 24.0 Å². The van der Waals surface area contributed by atoms with Crippen LogP contribution in [0.5, 0.6) is 0 Å². The first kappa shape index (κ1) is 21.1. The van der Waals surface area contributed by atoms with Crippen molar-refractivity contribution in [2.45, 2.75) is 19.4 Å². The molecule has 0 spiro atoms. The van der Waals surface area contributed by atoms with Gasteiger partial charge in [0, 0.05) is 80.2 Å². The monoisotopic (exact) mass is 446 g/mol. The number of nitrogens with one attached hydrogen (secondary N) is 1. The van der Waals surface area contributed by atoms with Gasteiger partial charge in [0.2, 0.25) is 5.91 Å². The minimum absolute atomic E-state index is 0. The van der Waals surface area contributed by atoms with Gasteiger partial charge in [-0.3, -0.25) is 14.7 Å². The number of fused-ring (bicyclic) bond motifs is 3. The van der Waals surface area contributed by atoms with Gasteiger partial charge in [-0.15, -0.1) is 12.4 Å². The highest BCUT2D eigenvalue weighted by atomic mass is 35.5. The van der Waals surface area contributed by atoms with E-state index in [9.17, 15) is 4.79 Å². The molecule has 1 amide bonds. The largest absolute Gasteiger partial charge is 0.461 e. The fourth-order valence-corrected chi connectivity index (χ4v) is 4.29. The Labute approximate surface area is 186 Å². The molecule has 0 atom stereocenters. The van der Waals surface area contributed by atoms with E-state index >= 15 is 0 Å². The SMILES string of the molecule is Cl.O=C1CN(CCc2ccc(Cl)cn2)CCN1c1ccc2c3c(oc2c1)CCNC3. The van der Waals surface area contributed by atoms with Crippen LogP contribution in [-0.4, -0.2) is 48.5 Å². The molecule has 1 fully saturated rings. The Morgan fingerprint density at radius 2 is 2.10 bits per heavy atom. The van der Waals surface area contributed by atoms with Crippen LogP contribution < -0.4 is 10.2 Å². The van der Waals surface area contributed by atoms with Gasteiger partial charge in [0.05, 0.1) is 11.6 Å².